The number of rotatable bonds is 3. The molecule has 1 aromatic rings. The molecule has 9 heavy (non-hydrogen) atoms. The zero-order chi connectivity index (χ0) is 6.53. The Balaban J connectivity index is 2.30. The summed E-state index contributed by atoms with van der Waals surface area (Å²) in [5, 5.41) is 0. The van der Waals surface area contributed by atoms with Crippen molar-refractivity contribution in [1.82, 2.24) is 0 Å². The maximum Gasteiger partial charge on any atom is 0.0934 e. The Labute approximate surface area is 55.7 Å². The standard InChI is InChI=1S/C8H10O/c1-2-3-4-8-5-6-9-7-8/h1,5-7H,2-4H2. The van der Waals surface area contributed by atoms with Crippen molar-refractivity contribution < 1.29 is 4.42 Å². The second kappa shape index (κ2) is 3.33. The first-order valence-corrected chi connectivity index (χ1v) is 3.14. The van der Waals surface area contributed by atoms with Crippen molar-refractivity contribution >= 4 is 0 Å². The molecule has 0 unspecified atom stereocenters. The summed E-state index contributed by atoms with van der Waals surface area (Å²) >= 11 is 0. The Morgan fingerprint density at radius 2 is 2.44 bits per heavy atom. The van der Waals surface area contributed by atoms with Gasteiger partial charge in [0.1, 0.15) is 0 Å². The van der Waals surface area contributed by atoms with Gasteiger partial charge in [0.2, 0.25) is 0 Å². The molecule has 1 heterocycles. The Bertz CT molecular complexity index is 142. The van der Waals surface area contributed by atoms with Crippen molar-refractivity contribution in [3.63, 3.8) is 0 Å². The smallest absolute Gasteiger partial charge is 0.0934 e. The molecular weight excluding hydrogens is 112 g/mol. The van der Waals surface area contributed by atoms with Gasteiger partial charge in [-0.25, -0.2) is 0 Å². The van der Waals surface area contributed by atoms with E-state index in [4.69, 9.17) is 11.3 Å². The molecule has 0 bridgehead atoms. The zero-order valence-electron chi connectivity index (χ0n) is 5.34. The summed E-state index contributed by atoms with van der Waals surface area (Å²) in [5.74, 6) is 0. The van der Waals surface area contributed by atoms with Gasteiger partial charge in [-0.2, -0.15) is 0 Å². The summed E-state index contributed by atoms with van der Waals surface area (Å²) < 4.78 is 4.87. The fraction of sp³-hybridized carbons (Fsp3) is 0.375. The van der Waals surface area contributed by atoms with Crippen molar-refractivity contribution in [1.29, 1.82) is 0 Å². The first-order chi connectivity index (χ1) is 4.43. The van der Waals surface area contributed by atoms with Crippen LogP contribution in [0.3, 0.4) is 0 Å². The van der Waals surface area contributed by atoms with Crippen LogP contribution in [0.25, 0.3) is 0 Å². The molecule has 0 atom stereocenters. The maximum absolute atomic E-state index is 5.31. The van der Waals surface area contributed by atoms with Crippen LogP contribution in [0.1, 0.15) is 18.4 Å². The van der Waals surface area contributed by atoms with E-state index in [0.29, 0.717) is 0 Å². The Hall–Kier alpha value is -0.720. The highest BCUT2D eigenvalue weighted by atomic mass is 16.3. The summed E-state index contributed by atoms with van der Waals surface area (Å²) in [6.45, 7) is 5.31. The predicted octanol–water partition coefficient (Wildman–Crippen LogP) is 2.31. The molecule has 0 aliphatic carbocycles. The molecule has 0 amide bonds. The first-order valence-electron chi connectivity index (χ1n) is 3.14. The third kappa shape index (κ3) is 1.92. The van der Waals surface area contributed by atoms with E-state index in [1.54, 1.807) is 12.5 Å². The van der Waals surface area contributed by atoms with Gasteiger partial charge in [-0.15, -0.1) is 0 Å². The van der Waals surface area contributed by atoms with Gasteiger partial charge in [-0.3, -0.25) is 0 Å². The SMILES string of the molecule is [CH]CCCc1ccoc1. The number of aryl methyl sites for hydroxylation is 1. The number of unbranched alkanes of at least 4 members (excludes halogenated alkanes) is 1. The molecule has 0 aliphatic rings. The van der Waals surface area contributed by atoms with Gasteiger partial charge >= 0.3 is 0 Å². The van der Waals surface area contributed by atoms with Crippen LogP contribution in [0.15, 0.2) is 23.0 Å². The van der Waals surface area contributed by atoms with E-state index in [2.05, 4.69) is 0 Å². The van der Waals surface area contributed by atoms with Gasteiger partial charge < -0.3 is 4.42 Å². The van der Waals surface area contributed by atoms with Crippen molar-refractivity contribution in [2.24, 2.45) is 0 Å². The minimum absolute atomic E-state index is 0.755. The minimum atomic E-state index is 0.755. The van der Waals surface area contributed by atoms with Crippen LogP contribution in [0.2, 0.25) is 0 Å². The first kappa shape index (κ1) is 6.40. The lowest BCUT2D eigenvalue weighted by Crippen LogP contribution is -1.78. The molecule has 0 saturated carbocycles. The average molecular weight is 122 g/mol. The molecule has 0 saturated heterocycles. The van der Waals surface area contributed by atoms with E-state index in [0.717, 1.165) is 19.3 Å². The van der Waals surface area contributed by atoms with Gasteiger partial charge in [0, 0.05) is 0 Å². The maximum atomic E-state index is 5.31. The lowest BCUT2D eigenvalue weighted by Gasteiger charge is -1.89. The third-order valence-electron chi connectivity index (χ3n) is 1.25. The number of hydrogen-bond acceptors (Lipinski definition) is 1. The van der Waals surface area contributed by atoms with Crippen molar-refractivity contribution in [2.45, 2.75) is 19.3 Å². The van der Waals surface area contributed by atoms with Crippen LogP contribution < -0.4 is 0 Å². The van der Waals surface area contributed by atoms with Crippen LogP contribution in [0.5, 0.6) is 0 Å². The van der Waals surface area contributed by atoms with Gasteiger partial charge in [0.05, 0.1) is 12.5 Å². The van der Waals surface area contributed by atoms with E-state index in [1.165, 1.54) is 5.56 Å². The molecule has 0 aliphatic heterocycles. The van der Waals surface area contributed by atoms with Gasteiger partial charge in [0.25, 0.3) is 0 Å². The molecule has 1 aromatic heterocycles. The summed E-state index contributed by atoms with van der Waals surface area (Å²) in [7, 11) is 0. The van der Waals surface area contributed by atoms with Crippen molar-refractivity contribution in [3.8, 4) is 0 Å². The Kier molecular flexibility index (Phi) is 2.37. The normalized spacial score (nSPS) is 9.89. The zero-order valence-corrected chi connectivity index (χ0v) is 5.34. The molecule has 1 heteroatoms. The fourth-order valence-electron chi connectivity index (χ4n) is 0.741. The Morgan fingerprint density at radius 3 is 3.00 bits per heavy atom. The molecule has 0 N–H and O–H groups in total. The fourth-order valence-corrected chi connectivity index (χ4v) is 0.741. The molecule has 48 valence electrons. The number of furan rings is 1. The van der Waals surface area contributed by atoms with Crippen LogP contribution in [-0.4, -0.2) is 0 Å². The summed E-state index contributed by atoms with van der Waals surface area (Å²) in [5.41, 5.74) is 1.24. The van der Waals surface area contributed by atoms with Gasteiger partial charge in [0.15, 0.2) is 0 Å². The molecular formula is C8H10O. The monoisotopic (exact) mass is 122 g/mol. The molecule has 1 nitrogen and oxygen atoms in total. The van der Waals surface area contributed by atoms with Crippen molar-refractivity contribution in [3.05, 3.63) is 31.1 Å². The summed E-state index contributed by atoms with van der Waals surface area (Å²) in [6.07, 6.45) is 6.28. The molecule has 0 spiro atoms. The molecule has 2 radical (unpaired) electrons. The second-order valence-electron chi connectivity index (χ2n) is 2.02. The van der Waals surface area contributed by atoms with E-state index in [1.807, 2.05) is 6.07 Å². The van der Waals surface area contributed by atoms with Crippen LogP contribution in [-0.2, 0) is 6.42 Å². The summed E-state index contributed by atoms with van der Waals surface area (Å²) in [4.78, 5) is 0. The lowest BCUT2D eigenvalue weighted by molar-refractivity contribution is 0.563. The van der Waals surface area contributed by atoms with Gasteiger partial charge in [-0.05, 0) is 37.8 Å². The lowest BCUT2D eigenvalue weighted by atomic mass is 10.2. The summed E-state index contributed by atoms with van der Waals surface area (Å²) in [6, 6.07) is 1.97. The highest BCUT2D eigenvalue weighted by molar-refractivity contribution is 5.04. The van der Waals surface area contributed by atoms with Crippen LogP contribution in [0.4, 0.5) is 0 Å². The van der Waals surface area contributed by atoms with Crippen LogP contribution in [0, 0.1) is 6.92 Å². The molecule has 0 fully saturated rings. The molecule has 0 aromatic carbocycles. The topological polar surface area (TPSA) is 13.1 Å². The van der Waals surface area contributed by atoms with Crippen molar-refractivity contribution in [2.75, 3.05) is 0 Å². The van der Waals surface area contributed by atoms with Crippen LogP contribution >= 0.6 is 0 Å². The van der Waals surface area contributed by atoms with E-state index in [9.17, 15) is 0 Å². The van der Waals surface area contributed by atoms with E-state index < -0.39 is 0 Å². The largest absolute Gasteiger partial charge is 0.472 e. The second-order valence-corrected chi connectivity index (χ2v) is 2.02. The highest BCUT2D eigenvalue weighted by Crippen LogP contribution is 2.04. The quantitative estimate of drug-likeness (QED) is 0.599. The number of hydrogen-bond donors (Lipinski definition) is 0. The predicted molar refractivity (Wildman–Crippen MR) is 35.9 cm³/mol. The molecule has 1 rings (SSSR count). The van der Waals surface area contributed by atoms with E-state index >= 15 is 0 Å². The highest BCUT2D eigenvalue weighted by Gasteiger charge is 1.90. The third-order valence-corrected chi connectivity index (χ3v) is 1.25. The minimum Gasteiger partial charge on any atom is -0.472 e. The van der Waals surface area contributed by atoms with E-state index in [-0.39, 0.29) is 0 Å². The average Bonchev–Trinajstić information content (AvgIpc) is 2.34. The Morgan fingerprint density at radius 1 is 1.56 bits per heavy atom. The van der Waals surface area contributed by atoms with Gasteiger partial charge in [-0.1, -0.05) is 0 Å².